The molecule has 0 unspecified atom stereocenters. The molecule has 2 aromatic carbocycles. The second-order valence-corrected chi connectivity index (χ2v) is 6.43. The molecule has 1 heterocycles. The average Bonchev–Trinajstić information content (AvgIpc) is 2.73. The van der Waals surface area contributed by atoms with E-state index in [1.54, 1.807) is 13.0 Å². The normalized spacial score (nSPS) is 10.5. The van der Waals surface area contributed by atoms with Crippen molar-refractivity contribution in [1.29, 1.82) is 0 Å². The molecule has 0 aliphatic rings. The van der Waals surface area contributed by atoms with E-state index >= 15 is 0 Å². The predicted octanol–water partition coefficient (Wildman–Crippen LogP) is 2.05. The van der Waals surface area contributed by atoms with E-state index in [0.717, 1.165) is 10.7 Å². The molecule has 3 N–H and O–H groups in total. The monoisotopic (exact) mass is 426 g/mol. The summed E-state index contributed by atoms with van der Waals surface area (Å²) in [5, 5.41) is 6.47. The number of ether oxygens (including phenoxy) is 2. The summed E-state index contributed by atoms with van der Waals surface area (Å²) in [5.41, 5.74) is 4.55. The molecule has 0 fully saturated rings. The van der Waals surface area contributed by atoms with E-state index in [1.165, 1.54) is 44.6 Å². The summed E-state index contributed by atoms with van der Waals surface area (Å²) in [6, 6.07) is 9.60. The molecule has 3 rings (SSSR count). The molecular formula is C21H19FN4O5. The average molecular weight is 426 g/mol. The third kappa shape index (κ3) is 4.22. The molecular weight excluding hydrogens is 407 g/mol. The Labute approximate surface area is 176 Å². The lowest BCUT2D eigenvalue weighted by atomic mass is 10.1. The van der Waals surface area contributed by atoms with Gasteiger partial charge in [0.25, 0.3) is 11.8 Å². The summed E-state index contributed by atoms with van der Waals surface area (Å²) < 4.78 is 25.7. The zero-order valence-electron chi connectivity index (χ0n) is 16.9. The Morgan fingerprint density at radius 1 is 1.10 bits per heavy atom. The molecule has 0 spiro atoms. The van der Waals surface area contributed by atoms with E-state index in [-0.39, 0.29) is 28.4 Å². The van der Waals surface area contributed by atoms with Gasteiger partial charge >= 0.3 is 0 Å². The van der Waals surface area contributed by atoms with E-state index < -0.39 is 28.8 Å². The van der Waals surface area contributed by atoms with Crippen molar-refractivity contribution >= 4 is 17.5 Å². The zero-order chi connectivity index (χ0) is 22.7. The number of anilines is 1. The van der Waals surface area contributed by atoms with Crippen LogP contribution in [0.5, 0.6) is 11.5 Å². The SMILES string of the molecule is COc1cc(NC(=O)c2nn(-c3ccccc3F)c(C)cc2=O)c(C(N)=O)cc1OC. The van der Waals surface area contributed by atoms with Crippen LogP contribution in [0, 0.1) is 12.7 Å². The maximum Gasteiger partial charge on any atom is 0.280 e. The smallest absolute Gasteiger partial charge is 0.280 e. The number of aryl methyl sites for hydroxylation is 1. The van der Waals surface area contributed by atoms with Crippen molar-refractivity contribution in [2.24, 2.45) is 5.73 Å². The molecule has 10 heteroatoms. The lowest BCUT2D eigenvalue weighted by Gasteiger charge is -2.15. The highest BCUT2D eigenvalue weighted by molar-refractivity contribution is 6.08. The summed E-state index contributed by atoms with van der Waals surface area (Å²) in [4.78, 5) is 37.1. The topological polar surface area (TPSA) is 126 Å². The van der Waals surface area contributed by atoms with Gasteiger partial charge in [0.1, 0.15) is 11.5 Å². The van der Waals surface area contributed by atoms with Crippen molar-refractivity contribution in [2.45, 2.75) is 6.92 Å². The van der Waals surface area contributed by atoms with Crippen molar-refractivity contribution in [3.05, 3.63) is 75.5 Å². The summed E-state index contributed by atoms with van der Waals surface area (Å²) >= 11 is 0. The minimum Gasteiger partial charge on any atom is -0.493 e. The molecule has 9 nitrogen and oxygen atoms in total. The van der Waals surface area contributed by atoms with Gasteiger partial charge in [-0.3, -0.25) is 14.4 Å². The van der Waals surface area contributed by atoms with Crippen molar-refractivity contribution in [3.8, 4) is 17.2 Å². The number of nitrogens with two attached hydrogens (primary N) is 1. The molecule has 0 bridgehead atoms. The zero-order valence-corrected chi connectivity index (χ0v) is 16.9. The van der Waals surface area contributed by atoms with Gasteiger partial charge in [-0.25, -0.2) is 9.07 Å². The Morgan fingerprint density at radius 3 is 2.35 bits per heavy atom. The Kier molecular flexibility index (Phi) is 6.00. The van der Waals surface area contributed by atoms with Gasteiger partial charge in [0.2, 0.25) is 5.43 Å². The van der Waals surface area contributed by atoms with E-state index in [9.17, 15) is 18.8 Å². The number of aromatic nitrogens is 2. The maximum atomic E-state index is 14.2. The first-order chi connectivity index (χ1) is 14.8. The highest BCUT2D eigenvalue weighted by Crippen LogP contribution is 2.33. The number of carbonyl (C=O) groups is 2. The summed E-state index contributed by atoms with van der Waals surface area (Å²) in [5.74, 6) is -1.88. The number of nitrogens with one attached hydrogen (secondary N) is 1. The minimum atomic E-state index is -0.912. The Bertz CT molecular complexity index is 1240. The van der Waals surface area contributed by atoms with Gasteiger partial charge in [-0.2, -0.15) is 5.10 Å². The fourth-order valence-corrected chi connectivity index (χ4v) is 2.94. The van der Waals surface area contributed by atoms with Crippen LogP contribution in [0.1, 0.15) is 26.5 Å². The van der Waals surface area contributed by atoms with Crippen LogP contribution >= 0.6 is 0 Å². The number of carbonyl (C=O) groups excluding carboxylic acids is 2. The number of amides is 2. The van der Waals surface area contributed by atoms with Crippen LogP contribution < -0.4 is 26.0 Å². The molecule has 160 valence electrons. The molecule has 0 aliphatic carbocycles. The molecule has 0 radical (unpaired) electrons. The van der Waals surface area contributed by atoms with Crippen molar-refractivity contribution in [3.63, 3.8) is 0 Å². The third-order valence-electron chi connectivity index (χ3n) is 4.44. The predicted molar refractivity (Wildman–Crippen MR) is 111 cm³/mol. The quantitative estimate of drug-likeness (QED) is 0.621. The Morgan fingerprint density at radius 2 is 1.74 bits per heavy atom. The first-order valence-corrected chi connectivity index (χ1v) is 8.99. The van der Waals surface area contributed by atoms with Gasteiger partial charge in [0.15, 0.2) is 17.2 Å². The van der Waals surface area contributed by atoms with Crippen molar-refractivity contribution in [1.82, 2.24) is 9.78 Å². The van der Waals surface area contributed by atoms with Crippen LogP contribution in [0.25, 0.3) is 5.69 Å². The number of rotatable bonds is 6. The summed E-state index contributed by atoms with van der Waals surface area (Å²) in [7, 11) is 2.75. The standard InChI is InChI=1S/C21H19FN4O5/c1-11-8-16(27)19(25-26(11)15-7-5-4-6-13(15)22)21(29)24-14-10-18(31-3)17(30-2)9-12(14)20(23)28/h4-10H,1-3H3,(H2,23,28)(H,24,29). The van der Waals surface area contributed by atoms with Gasteiger partial charge in [0.05, 0.1) is 25.5 Å². The van der Waals surface area contributed by atoms with Crippen LogP contribution in [-0.4, -0.2) is 35.8 Å². The van der Waals surface area contributed by atoms with Crippen LogP contribution in [0.2, 0.25) is 0 Å². The van der Waals surface area contributed by atoms with Crippen LogP contribution in [0.4, 0.5) is 10.1 Å². The fraction of sp³-hybridized carbons (Fsp3) is 0.143. The Balaban J connectivity index is 2.07. The van der Waals surface area contributed by atoms with Crippen LogP contribution in [0.3, 0.4) is 0 Å². The minimum absolute atomic E-state index is 0.00522. The molecule has 31 heavy (non-hydrogen) atoms. The van der Waals surface area contributed by atoms with Gasteiger partial charge in [-0.1, -0.05) is 12.1 Å². The number of benzene rings is 2. The molecule has 0 saturated carbocycles. The number of nitrogens with zero attached hydrogens (tertiary/aromatic N) is 2. The van der Waals surface area contributed by atoms with Crippen molar-refractivity contribution in [2.75, 3.05) is 19.5 Å². The summed E-state index contributed by atoms with van der Waals surface area (Å²) in [6.45, 7) is 1.56. The number of hydrogen-bond donors (Lipinski definition) is 2. The first kappa shape index (κ1) is 21.5. The number of hydrogen-bond acceptors (Lipinski definition) is 6. The lowest BCUT2D eigenvalue weighted by molar-refractivity contribution is 0.100. The van der Waals surface area contributed by atoms with Gasteiger partial charge in [-0.15, -0.1) is 0 Å². The molecule has 0 saturated heterocycles. The lowest BCUT2D eigenvalue weighted by Crippen LogP contribution is -2.28. The van der Waals surface area contributed by atoms with E-state index in [4.69, 9.17) is 15.2 Å². The fourth-order valence-electron chi connectivity index (χ4n) is 2.94. The molecule has 0 aliphatic heterocycles. The van der Waals surface area contributed by atoms with E-state index in [2.05, 4.69) is 10.4 Å². The Hall–Kier alpha value is -4.21. The second-order valence-electron chi connectivity index (χ2n) is 6.43. The van der Waals surface area contributed by atoms with Gasteiger partial charge in [0, 0.05) is 17.8 Å². The van der Waals surface area contributed by atoms with E-state index in [1.807, 2.05) is 0 Å². The maximum absolute atomic E-state index is 14.2. The highest BCUT2D eigenvalue weighted by Gasteiger charge is 2.21. The van der Waals surface area contributed by atoms with Crippen molar-refractivity contribution < 1.29 is 23.5 Å². The third-order valence-corrected chi connectivity index (χ3v) is 4.44. The van der Waals surface area contributed by atoms with E-state index in [0.29, 0.717) is 5.69 Å². The second kappa shape index (κ2) is 8.66. The number of para-hydroxylation sites is 1. The molecule has 2 amide bonds. The van der Waals surface area contributed by atoms with Crippen LogP contribution in [-0.2, 0) is 0 Å². The van der Waals surface area contributed by atoms with Gasteiger partial charge in [-0.05, 0) is 25.1 Å². The molecule has 0 atom stereocenters. The molecule has 3 aromatic rings. The number of methoxy groups -OCH3 is 2. The first-order valence-electron chi connectivity index (χ1n) is 8.99. The van der Waals surface area contributed by atoms with Gasteiger partial charge < -0.3 is 20.5 Å². The molecule has 1 aromatic heterocycles. The number of halogens is 1. The summed E-state index contributed by atoms with van der Waals surface area (Å²) in [6.07, 6.45) is 0. The highest BCUT2D eigenvalue weighted by atomic mass is 19.1. The van der Waals surface area contributed by atoms with Crippen LogP contribution in [0.15, 0.2) is 47.3 Å². The number of primary amides is 1. The largest absolute Gasteiger partial charge is 0.493 e.